The van der Waals surface area contributed by atoms with Gasteiger partial charge < -0.3 is 10.2 Å². The highest BCUT2D eigenvalue weighted by atomic mass is 35.5. The number of likely N-dealkylation sites (N-methyl/N-ethyl adjacent to an activating group) is 1. The number of carbonyl (C=O) groups is 1. The van der Waals surface area contributed by atoms with Crippen LogP contribution in [0, 0.1) is 12.8 Å². The molecule has 0 radical (unpaired) electrons. The number of hydrogen-bond donors (Lipinski definition) is 1. The molecular formula is C12H17ClN4O. The molecule has 1 aromatic heterocycles. The van der Waals surface area contributed by atoms with Crippen LogP contribution in [-0.4, -0.2) is 29.0 Å². The van der Waals surface area contributed by atoms with Crippen molar-refractivity contribution in [3.63, 3.8) is 0 Å². The highest BCUT2D eigenvalue weighted by molar-refractivity contribution is 6.28. The van der Waals surface area contributed by atoms with Gasteiger partial charge in [0.25, 0.3) is 0 Å². The van der Waals surface area contributed by atoms with E-state index in [9.17, 15) is 4.79 Å². The molecule has 0 aliphatic carbocycles. The summed E-state index contributed by atoms with van der Waals surface area (Å²) in [5.74, 6) is 1.12. The van der Waals surface area contributed by atoms with Crippen LogP contribution < -0.4 is 10.2 Å². The maximum atomic E-state index is 12.1. The van der Waals surface area contributed by atoms with Gasteiger partial charge in [0.05, 0.1) is 5.69 Å². The maximum absolute atomic E-state index is 12.1. The highest BCUT2D eigenvalue weighted by Crippen LogP contribution is 2.33. The van der Waals surface area contributed by atoms with Crippen molar-refractivity contribution in [3.05, 3.63) is 11.0 Å². The van der Waals surface area contributed by atoms with E-state index in [0.717, 1.165) is 6.42 Å². The molecule has 1 aliphatic heterocycles. The average molecular weight is 269 g/mol. The molecule has 1 atom stereocenters. The van der Waals surface area contributed by atoms with Gasteiger partial charge in [0, 0.05) is 7.05 Å². The first-order valence-corrected chi connectivity index (χ1v) is 6.35. The summed E-state index contributed by atoms with van der Waals surface area (Å²) in [6.07, 6.45) is 0.780. The Hall–Kier alpha value is -1.36. The lowest BCUT2D eigenvalue weighted by Gasteiger charge is -2.35. The van der Waals surface area contributed by atoms with E-state index >= 15 is 0 Å². The third-order valence-electron chi connectivity index (χ3n) is 3.09. The number of carbonyl (C=O) groups excluding carboxylic acids is 1. The molecule has 2 heterocycles. The largest absolute Gasteiger partial charge is 0.346 e. The van der Waals surface area contributed by atoms with Crippen LogP contribution in [0.15, 0.2) is 0 Å². The van der Waals surface area contributed by atoms with E-state index in [-0.39, 0.29) is 17.2 Å². The number of fused-ring (bicyclic) bond motifs is 1. The molecule has 18 heavy (non-hydrogen) atoms. The van der Waals surface area contributed by atoms with E-state index in [1.165, 1.54) is 0 Å². The van der Waals surface area contributed by atoms with Gasteiger partial charge in [0.2, 0.25) is 11.2 Å². The number of rotatable bonds is 2. The van der Waals surface area contributed by atoms with Gasteiger partial charge in [-0.25, -0.2) is 4.98 Å². The minimum absolute atomic E-state index is 0.00674. The number of hydrogen-bond acceptors (Lipinski definition) is 4. The molecule has 2 rings (SSSR count). The Morgan fingerprint density at radius 2 is 2.11 bits per heavy atom. The molecule has 6 heteroatoms. The Bertz CT molecular complexity index is 489. The molecule has 1 aliphatic rings. The third kappa shape index (κ3) is 2.27. The molecule has 0 saturated heterocycles. The molecular weight excluding hydrogens is 252 g/mol. The lowest BCUT2D eigenvalue weighted by atomic mass is 10.00. The molecule has 0 aromatic carbocycles. The molecule has 0 saturated carbocycles. The zero-order valence-corrected chi connectivity index (χ0v) is 11.7. The number of halogens is 1. The fraction of sp³-hybridized carbons (Fsp3) is 0.583. The van der Waals surface area contributed by atoms with Crippen LogP contribution in [-0.2, 0) is 4.79 Å². The summed E-state index contributed by atoms with van der Waals surface area (Å²) in [4.78, 5) is 22.3. The van der Waals surface area contributed by atoms with Gasteiger partial charge >= 0.3 is 0 Å². The molecule has 1 aromatic rings. The zero-order chi connectivity index (χ0) is 13.4. The highest BCUT2D eigenvalue weighted by Gasteiger charge is 2.33. The van der Waals surface area contributed by atoms with Crippen molar-refractivity contribution in [2.24, 2.45) is 5.92 Å². The SMILES string of the molecule is Cc1nc(Cl)nc2c1NC(=O)[C@H](CC(C)C)N2C. The predicted molar refractivity (Wildman–Crippen MR) is 72.1 cm³/mol. The van der Waals surface area contributed by atoms with E-state index in [2.05, 4.69) is 29.1 Å². The van der Waals surface area contributed by atoms with E-state index < -0.39 is 0 Å². The van der Waals surface area contributed by atoms with Gasteiger partial charge in [-0.15, -0.1) is 0 Å². The molecule has 1 amide bonds. The minimum Gasteiger partial charge on any atom is -0.346 e. The molecule has 5 nitrogen and oxygen atoms in total. The van der Waals surface area contributed by atoms with Crippen LogP contribution in [0.5, 0.6) is 0 Å². The van der Waals surface area contributed by atoms with Gasteiger partial charge in [0.15, 0.2) is 5.82 Å². The van der Waals surface area contributed by atoms with Gasteiger partial charge in [-0.2, -0.15) is 4.98 Å². The molecule has 0 bridgehead atoms. The average Bonchev–Trinajstić information content (AvgIpc) is 2.26. The maximum Gasteiger partial charge on any atom is 0.247 e. The van der Waals surface area contributed by atoms with Crippen molar-refractivity contribution in [1.29, 1.82) is 0 Å². The second-order valence-corrected chi connectivity index (χ2v) is 5.36. The molecule has 0 unspecified atom stereocenters. The van der Waals surface area contributed by atoms with E-state index in [0.29, 0.717) is 23.1 Å². The molecule has 98 valence electrons. The monoisotopic (exact) mass is 268 g/mol. The summed E-state index contributed by atoms with van der Waals surface area (Å²) in [5.41, 5.74) is 1.35. The smallest absolute Gasteiger partial charge is 0.247 e. The standard InChI is InChI=1S/C12H17ClN4O/c1-6(2)5-8-11(18)15-9-7(3)14-12(13)16-10(9)17(8)4/h6,8H,5H2,1-4H3,(H,15,18)/t8-/m0/s1. The first-order chi connectivity index (χ1) is 8.40. The molecule has 1 N–H and O–H groups in total. The predicted octanol–water partition coefficient (Wildman–Crippen LogP) is 2.24. The number of nitrogens with zero attached hydrogens (tertiary/aromatic N) is 3. The van der Waals surface area contributed by atoms with Crippen molar-refractivity contribution in [2.75, 3.05) is 17.3 Å². The summed E-state index contributed by atoms with van der Waals surface area (Å²) in [5, 5.41) is 3.08. The zero-order valence-electron chi connectivity index (χ0n) is 11.0. The molecule has 0 fully saturated rings. The van der Waals surface area contributed by atoms with Gasteiger partial charge in [-0.1, -0.05) is 13.8 Å². The van der Waals surface area contributed by atoms with Crippen LogP contribution >= 0.6 is 11.6 Å². The molecule has 0 spiro atoms. The summed E-state index contributed by atoms with van der Waals surface area (Å²) in [6.45, 7) is 5.99. The lowest BCUT2D eigenvalue weighted by Crippen LogP contribution is -2.47. The quantitative estimate of drug-likeness (QED) is 0.836. The van der Waals surface area contributed by atoms with Crippen molar-refractivity contribution >= 4 is 29.0 Å². The summed E-state index contributed by atoms with van der Waals surface area (Å²) in [7, 11) is 1.87. The minimum atomic E-state index is -0.206. The number of amides is 1. The Labute approximate surface area is 112 Å². The Morgan fingerprint density at radius 1 is 1.44 bits per heavy atom. The number of nitrogens with one attached hydrogen (secondary N) is 1. The summed E-state index contributed by atoms with van der Waals surface area (Å²) in [6, 6.07) is -0.206. The van der Waals surface area contributed by atoms with Crippen molar-refractivity contribution in [1.82, 2.24) is 9.97 Å². The van der Waals surface area contributed by atoms with Crippen LogP contribution in [0.2, 0.25) is 5.28 Å². The fourth-order valence-corrected chi connectivity index (χ4v) is 2.37. The number of aryl methyl sites for hydroxylation is 1. The fourth-order valence-electron chi connectivity index (χ4n) is 2.17. The first kappa shape index (κ1) is 13.1. The second-order valence-electron chi connectivity index (χ2n) is 5.02. The van der Waals surface area contributed by atoms with Gasteiger partial charge in [-0.05, 0) is 30.9 Å². The second kappa shape index (κ2) is 4.72. The van der Waals surface area contributed by atoms with Crippen LogP contribution in [0.3, 0.4) is 0 Å². The Morgan fingerprint density at radius 3 is 2.72 bits per heavy atom. The van der Waals surface area contributed by atoms with Gasteiger partial charge in [-0.3, -0.25) is 4.79 Å². The Balaban J connectivity index is 2.42. The van der Waals surface area contributed by atoms with Crippen LogP contribution in [0.25, 0.3) is 0 Å². The van der Waals surface area contributed by atoms with E-state index in [4.69, 9.17) is 11.6 Å². The Kier molecular flexibility index (Phi) is 3.43. The summed E-state index contributed by atoms with van der Waals surface area (Å²) >= 11 is 5.88. The van der Waals surface area contributed by atoms with Crippen molar-refractivity contribution in [3.8, 4) is 0 Å². The van der Waals surface area contributed by atoms with E-state index in [1.807, 2.05) is 18.9 Å². The third-order valence-corrected chi connectivity index (χ3v) is 3.26. The summed E-state index contributed by atoms with van der Waals surface area (Å²) < 4.78 is 0. The van der Waals surface area contributed by atoms with Gasteiger partial charge in [0.1, 0.15) is 11.7 Å². The van der Waals surface area contributed by atoms with Crippen molar-refractivity contribution < 1.29 is 4.79 Å². The number of anilines is 2. The normalized spacial score (nSPS) is 18.9. The first-order valence-electron chi connectivity index (χ1n) is 5.98. The van der Waals surface area contributed by atoms with Crippen LogP contribution in [0.1, 0.15) is 26.0 Å². The van der Waals surface area contributed by atoms with Crippen molar-refractivity contribution in [2.45, 2.75) is 33.2 Å². The van der Waals surface area contributed by atoms with Crippen LogP contribution in [0.4, 0.5) is 11.5 Å². The number of aromatic nitrogens is 2. The topological polar surface area (TPSA) is 58.1 Å². The lowest BCUT2D eigenvalue weighted by molar-refractivity contribution is -0.118. The van der Waals surface area contributed by atoms with E-state index in [1.54, 1.807) is 0 Å².